The third-order valence-corrected chi connectivity index (χ3v) is 6.13. The number of likely N-dealkylation sites (N-methyl/N-ethyl adjacent to an activating group) is 1. The van der Waals surface area contributed by atoms with Gasteiger partial charge in [-0.3, -0.25) is 14.7 Å². The zero-order chi connectivity index (χ0) is 20.6. The van der Waals surface area contributed by atoms with Gasteiger partial charge in [-0.05, 0) is 51.6 Å². The van der Waals surface area contributed by atoms with Gasteiger partial charge in [-0.1, -0.05) is 36.8 Å². The first-order valence-electron chi connectivity index (χ1n) is 11.1. The van der Waals surface area contributed by atoms with Crippen LogP contribution in [0.5, 0.6) is 0 Å². The van der Waals surface area contributed by atoms with Crippen molar-refractivity contribution in [3.8, 4) is 0 Å². The predicted molar refractivity (Wildman–Crippen MR) is 134 cm³/mol. The molecule has 3 unspecified atom stereocenters. The Labute approximate surface area is 198 Å². The van der Waals surface area contributed by atoms with Gasteiger partial charge in [0.05, 0.1) is 0 Å². The lowest BCUT2D eigenvalue weighted by Crippen LogP contribution is -2.49. The van der Waals surface area contributed by atoms with Crippen LogP contribution in [0.1, 0.15) is 51.0 Å². The molecule has 3 atom stereocenters. The number of nitrogens with zero attached hydrogens (tertiary/aromatic N) is 2. The quantitative estimate of drug-likeness (QED) is 0.276. The number of guanidine groups is 1. The van der Waals surface area contributed by atoms with Crippen LogP contribution in [0, 0.1) is 5.92 Å². The largest absolute Gasteiger partial charge is 0.355 e. The number of rotatable bonds is 8. The van der Waals surface area contributed by atoms with Crippen molar-refractivity contribution in [2.75, 3.05) is 20.6 Å². The van der Waals surface area contributed by atoms with Crippen molar-refractivity contribution in [3.63, 3.8) is 0 Å². The number of nitrogens with one attached hydrogen (secondary N) is 3. The number of halogens is 1. The number of carbonyl (C=O) groups is 1. The summed E-state index contributed by atoms with van der Waals surface area (Å²) < 4.78 is 0. The van der Waals surface area contributed by atoms with Crippen LogP contribution in [0.25, 0.3) is 0 Å². The van der Waals surface area contributed by atoms with E-state index in [4.69, 9.17) is 0 Å². The lowest BCUT2D eigenvalue weighted by atomic mass is 9.85. The summed E-state index contributed by atoms with van der Waals surface area (Å²) in [6, 6.07) is 11.7. The molecule has 0 radical (unpaired) electrons. The molecule has 0 heterocycles. The Kier molecular flexibility index (Phi) is 10.4. The van der Waals surface area contributed by atoms with E-state index in [9.17, 15) is 4.79 Å². The molecule has 1 aromatic rings. The van der Waals surface area contributed by atoms with E-state index in [1.54, 1.807) is 0 Å². The summed E-state index contributed by atoms with van der Waals surface area (Å²) in [6.45, 7) is 3.97. The second-order valence-electron chi connectivity index (χ2n) is 8.69. The predicted octanol–water partition coefficient (Wildman–Crippen LogP) is 3.13. The molecule has 0 bridgehead atoms. The van der Waals surface area contributed by atoms with Crippen molar-refractivity contribution in [2.45, 2.75) is 70.1 Å². The molecule has 3 rings (SSSR count). The number of amides is 1. The van der Waals surface area contributed by atoms with E-state index in [-0.39, 0.29) is 35.8 Å². The fourth-order valence-corrected chi connectivity index (χ4v) is 3.92. The minimum absolute atomic E-state index is 0. The first-order valence-corrected chi connectivity index (χ1v) is 11.1. The van der Waals surface area contributed by atoms with E-state index in [1.165, 1.54) is 5.56 Å². The van der Waals surface area contributed by atoms with E-state index in [2.05, 4.69) is 70.1 Å². The second-order valence-corrected chi connectivity index (χ2v) is 8.69. The van der Waals surface area contributed by atoms with Gasteiger partial charge in [0.2, 0.25) is 5.91 Å². The Balaban J connectivity index is 0.00000320. The minimum Gasteiger partial charge on any atom is -0.355 e. The van der Waals surface area contributed by atoms with Gasteiger partial charge >= 0.3 is 0 Å². The van der Waals surface area contributed by atoms with Gasteiger partial charge in [-0.2, -0.15) is 0 Å². The van der Waals surface area contributed by atoms with Crippen molar-refractivity contribution in [1.82, 2.24) is 20.9 Å². The lowest BCUT2D eigenvalue weighted by Gasteiger charge is -2.31. The fourth-order valence-electron chi connectivity index (χ4n) is 3.92. The van der Waals surface area contributed by atoms with Crippen molar-refractivity contribution in [1.29, 1.82) is 0 Å². The van der Waals surface area contributed by atoms with Gasteiger partial charge < -0.3 is 16.0 Å². The van der Waals surface area contributed by atoms with Gasteiger partial charge in [-0.25, -0.2) is 0 Å². The molecular weight excluding hydrogens is 489 g/mol. The maximum absolute atomic E-state index is 12.4. The molecule has 6 nitrogen and oxygen atoms in total. The van der Waals surface area contributed by atoms with E-state index in [1.807, 2.05) is 7.05 Å². The van der Waals surface area contributed by atoms with Crippen LogP contribution in [0.3, 0.4) is 0 Å². The number of aliphatic imine (C=N–C) groups is 1. The highest BCUT2D eigenvalue weighted by atomic mass is 127. The zero-order valence-electron chi connectivity index (χ0n) is 18.6. The van der Waals surface area contributed by atoms with Gasteiger partial charge in [-0.15, -0.1) is 24.0 Å². The Morgan fingerprint density at radius 1 is 1.13 bits per heavy atom. The molecule has 1 aromatic carbocycles. The summed E-state index contributed by atoms with van der Waals surface area (Å²) in [5, 5.41) is 10.2. The molecule has 0 aliphatic heterocycles. The molecule has 3 N–H and O–H groups in total. The van der Waals surface area contributed by atoms with Crippen molar-refractivity contribution in [3.05, 3.63) is 35.9 Å². The summed E-state index contributed by atoms with van der Waals surface area (Å²) >= 11 is 0. The smallest absolute Gasteiger partial charge is 0.223 e. The van der Waals surface area contributed by atoms with Crippen LogP contribution in [0.4, 0.5) is 0 Å². The molecule has 0 saturated heterocycles. The van der Waals surface area contributed by atoms with Crippen LogP contribution in [0.15, 0.2) is 35.3 Å². The summed E-state index contributed by atoms with van der Waals surface area (Å²) in [5.74, 6) is 1.22. The van der Waals surface area contributed by atoms with E-state index >= 15 is 0 Å². The maximum Gasteiger partial charge on any atom is 0.223 e. The van der Waals surface area contributed by atoms with E-state index in [0.29, 0.717) is 18.1 Å². The van der Waals surface area contributed by atoms with Crippen LogP contribution >= 0.6 is 24.0 Å². The zero-order valence-corrected chi connectivity index (χ0v) is 20.9. The number of hydrogen-bond acceptors (Lipinski definition) is 3. The number of hydrogen-bond donors (Lipinski definition) is 3. The van der Waals surface area contributed by atoms with Crippen LogP contribution in [-0.4, -0.2) is 55.5 Å². The molecule has 0 aromatic heterocycles. The molecule has 2 fully saturated rings. The first-order chi connectivity index (χ1) is 14.0. The average Bonchev–Trinajstić information content (AvgIpc) is 3.55. The molecule has 30 heavy (non-hydrogen) atoms. The normalized spacial score (nSPS) is 22.7. The van der Waals surface area contributed by atoms with Gasteiger partial charge in [0, 0.05) is 44.2 Å². The highest BCUT2D eigenvalue weighted by Gasteiger charge is 2.31. The van der Waals surface area contributed by atoms with Crippen molar-refractivity contribution in [2.24, 2.45) is 10.9 Å². The maximum atomic E-state index is 12.4. The van der Waals surface area contributed by atoms with Crippen LogP contribution in [-0.2, 0) is 11.3 Å². The minimum atomic E-state index is 0. The highest BCUT2D eigenvalue weighted by molar-refractivity contribution is 14.0. The van der Waals surface area contributed by atoms with E-state index in [0.717, 1.165) is 57.6 Å². The van der Waals surface area contributed by atoms with Gasteiger partial charge in [0.25, 0.3) is 0 Å². The lowest BCUT2D eigenvalue weighted by molar-refractivity contribution is -0.126. The number of carbonyl (C=O) groups excluding carboxylic acids is 1. The average molecular weight is 527 g/mol. The molecule has 168 valence electrons. The van der Waals surface area contributed by atoms with Gasteiger partial charge in [0.1, 0.15) is 0 Å². The Morgan fingerprint density at radius 2 is 1.87 bits per heavy atom. The highest BCUT2D eigenvalue weighted by Crippen LogP contribution is 2.26. The SMILES string of the molecule is CN=C(NCC(C)N(C)Cc1ccccc1)NC1CCCC(C(=O)NC2CC2)C1.I. The Bertz CT molecular complexity index is 679. The standard InChI is InChI=1S/C23H37N5O.HI/c1-17(28(3)16-18-8-5-4-6-9-18)15-25-23(24-2)27-21-11-7-10-19(14-21)22(29)26-20-12-13-20;/h4-6,8-9,17,19-21H,7,10-16H2,1-3H3,(H,26,29)(H2,24,25,27);1H. The third-order valence-electron chi connectivity index (χ3n) is 6.13. The molecule has 0 spiro atoms. The van der Waals surface area contributed by atoms with Crippen molar-refractivity contribution < 1.29 is 4.79 Å². The third kappa shape index (κ3) is 8.06. The summed E-state index contributed by atoms with van der Waals surface area (Å²) in [4.78, 5) is 19.1. The Hall–Kier alpha value is -1.35. The Morgan fingerprint density at radius 3 is 2.53 bits per heavy atom. The number of benzene rings is 1. The monoisotopic (exact) mass is 527 g/mol. The van der Waals surface area contributed by atoms with Crippen LogP contribution in [0.2, 0.25) is 0 Å². The summed E-state index contributed by atoms with van der Waals surface area (Å²) in [6.07, 6.45) is 6.37. The second kappa shape index (κ2) is 12.5. The molecule has 1 amide bonds. The van der Waals surface area contributed by atoms with Crippen LogP contribution < -0.4 is 16.0 Å². The molecular formula is C23H38IN5O. The topological polar surface area (TPSA) is 68.8 Å². The molecule has 2 saturated carbocycles. The molecule has 7 heteroatoms. The molecule has 2 aliphatic carbocycles. The first kappa shape index (κ1) is 24.9. The van der Waals surface area contributed by atoms with Crippen molar-refractivity contribution >= 4 is 35.8 Å². The van der Waals surface area contributed by atoms with Gasteiger partial charge in [0.15, 0.2) is 5.96 Å². The molecule has 2 aliphatic rings. The van der Waals surface area contributed by atoms with E-state index < -0.39 is 0 Å². The fraction of sp³-hybridized carbons (Fsp3) is 0.652. The summed E-state index contributed by atoms with van der Waals surface area (Å²) in [5.41, 5.74) is 1.32. The summed E-state index contributed by atoms with van der Waals surface area (Å²) in [7, 11) is 3.97.